The van der Waals surface area contributed by atoms with Crippen LogP contribution in [0.25, 0.3) is 5.69 Å². The van der Waals surface area contributed by atoms with Crippen LogP contribution >= 0.6 is 0 Å². The Bertz CT molecular complexity index is 686. The quantitative estimate of drug-likeness (QED) is 0.943. The molecule has 2 aliphatic carbocycles. The Balaban J connectivity index is 1.67. The molecular weight excluding hydrogens is 274 g/mol. The smallest absolute Gasteiger partial charge is 0.223 e. The monoisotopic (exact) mass is 295 g/mol. The molecule has 2 aliphatic rings. The standard InChI is InChI=1S/C18H21N3O/c22-18(13-10-11-13)19-12-17-20-15-8-4-5-9-16(15)21(17)14-6-2-1-3-7-14/h1-3,6-7,13H,4-5,8-12H2,(H,19,22). The van der Waals surface area contributed by atoms with Crippen molar-refractivity contribution in [1.29, 1.82) is 0 Å². The largest absolute Gasteiger partial charge is 0.349 e. The molecule has 0 spiro atoms. The number of hydrogen-bond donors (Lipinski definition) is 1. The number of para-hydroxylation sites is 1. The fourth-order valence-corrected chi connectivity index (χ4v) is 3.25. The molecule has 0 atom stereocenters. The zero-order valence-electron chi connectivity index (χ0n) is 12.7. The van der Waals surface area contributed by atoms with Gasteiger partial charge in [-0.15, -0.1) is 0 Å². The van der Waals surface area contributed by atoms with Gasteiger partial charge in [0.05, 0.1) is 12.2 Å². The van der Waals surface area contributed by atoms with E-state index in [4.69, 9.17) is 4.98 Å². The SMILES string of the molecule is O=C(NCc1nc2c(n1-c1ccccc1)CCCC2)C1CC1. The summed E-state index contributed by atoms with van der Waals surface area (Å²) >= 11 is 0. The summed E-state index contributed by atoms with van der Waals surface area (Å²) in [6, 6.07) is 10.4. The highest BCUT2D eigenvalue weighted by molar-refractivity contribution is 5.80. The second kappa shape index (κ2) is 5.59. The van der Waals surface area contributed by atoms with Crippen molar-refractivity contribution in [2.45, 2.75) is 45.1 Å². The molecule has 1 N–H and O–H groups in total. The molecule has 1 aromatic carbocycles. The number of hydrogen-bond acceptors (Lipinski definition) is 2. The lowest BCUT2D eigenvalue weighted by Gasteiger charge is -2.15. The third kappa shape index (κ3) is 2.54. The lowest BCUT2D eigenvalue weighted by atomic mass is 10.0. The maximum absolute atomic E-state index is 11.9. The molecule has 4 heteroatoms. The number of amides is 1. The zero-order chi connectivity index (χ0) is 14.9. The molecule has 1 heterocycles. The van der Waals surface area contributed by atoms with Crippen LogP contribution in [0.15, 0.2) is 30.3 Å². The normalized spacial score (nSPS) is 17.1. The van der Waals surface area contributed by atoms with E-state index in [0.717, 1.165) is 37.2 Å². The third-order valence-corrected chi connectivity index (χ3v) is 4.59. The van der Waals surface area contributed by atoms with E-state index in [1.54, 1.807) is 0 Å². The molecule has 1 fully saturated rings. The number of aromatic nitrogens is 2. The number of fused-ring (bicyclic) bond motifs is 1. The van der Waals surface area contributed by atoms with Gasteiger partial charge in [0.15, 0.2) is 0 Å². The van der Waals surface area contributed by atoms with Crippen molar-refractivity contribution in [3.63, 3.8) is 0 Å². The molecule has 114 valence electrons. The Labute approximate surface area is 130 Å². The lowest BCUT2D eigenvalue weighted by Crippen LogP contribution is -2.26. The lowest BCUT2D eigenvalue weighted by molar-refractivity contribution is -0.122. The minimum Gasteiger partial charge on any atom is -0.349 e. The number of imidazole rings is 1. The van der Waals surface area contributed by atoms with E-state index in [1.807, 2.05) is 6.07 Å². The molecule has 4 nitrogen and oxygen atoms in total. The van der Waals surface area contributed by atoms with Gasteiger partial charge in [-0.2, -0.15) is 0 Å². The maximum atomic E-state index is 11.9. The van der Waals surface area contributed by atoms with Gasteiger partial charge in [-0.3, -0.25) is 9.36 Å². The van der Waals surface area contributed by atoms with Crippen LogP contribution in [0.4, 0.5) is 0 Å². The zero-order valence-corrected chi connectivity index (χ0v) is 12.7. The Kier molecular flexibility index (Phi) is 3.45. The van der Waals surface area contributed by atoms with Crippen LogP contribution < -0.4 is 5.32 Å². The van der Waals surface area contributed by atoms with Crippen LogP contribution in [-0.4, -0.2) is 15.5 Å². The Morgan fingerprint density at radius 3 is 2.73 bits per heavy atom. The van der Waals surface area contributed by atoms with Crippen LogP contribution in [0, 0.1) is 5.92 Å². The van der Waals surface area contributed by atoms with Crippen molar-refractivity contribution < 1.29 is 4.79 Å². The third-order valence-electron chi connectivity index (χ3n) is 4.59. The first-order chi connectivity index (χ1) is 10.8. The first kappa shape index (κ1) is 13.6. The summed E-state index contributed by atoms with van der Waals surface area (Å²) < 4.78 is 2.25. The van der Waals surface area contributed by atoms with Gasteiger partial charge in [0, 0.05) is 17.3 Å². The van der Waals surface area contributed by atoms with Gasteiger partial charge in [0.25, 0.3) is 0 Å². The maximum Gasteiger partial charge on any atom is 0.223 e. The number of rotatable bonds is 4. The molecule has 4 rings (SSSR count). The molecule has 1 saturated carbocycles. The summed E-state index contributed by atoms with van der Waals surface area (Å²) in [6.45, 7) is 0.525. The highest BCUT2D eigenvalue weighted by Gasteiger charge is 2.30. The van der Waals surface area contributed by atoms with Crippen LogP contribution in [0.3, 0.4) is 0 Å². The van der Waals surface area contributed by atoms with Crippen LogP contribution in [0.1, 0.15) is 42.9 Å². The van der Waals surface area contributed by atoms with Crippen molar-refractivity contribution in [3.8, 4) is 5.69 Å². The molecule has 1 amide bonds. The first-order valence-electron chi connectivity index (χ1n) is 8.25. The number of nitrogens with one attached hydrogen (secondary N) is 1. The van der Waals surface area contributed by atoms with E-state index in [1.165, 1.54) is 24.2 Å². The van der Waals surface area contributed by atoms with Gasteiger partial charge in [-0.05, 0) is 50.7 Å². The average Bonchev–Trinajstić information content (AvgIpc) is 3.34. The Morgan fingerprint density at radius 1 is 1.18 bits per heavy atom. The van der Waals surface area contributed by atoms with Crippen molar-refractivity contribution >= 4 is 5.91 Å². The predicted molar refractivity (Wildman–Crippen MR) is 84.8 cm³/mol. The Morgan fingerprint density at radius 2 is 1.95 bits per heavy atom. The minimum absolute atomic E-state index is 0.181. The summed E-state index contributed by atoms with van der Waals surface area (Å²) in [7, 11) is 0. The van der Waals surface area contributed by atoms with Crippen molar-refractivity contribution in [2.24, 2.45) is 5.92 Å². The fraction of sp³-hybridized carbons (Fsp3) is 0.444. The molecule has 0 radical (unpaired) electrons. The van der Waals surface area contributed by atoms with Crippen LogP contribution in [0.5, 0.6) is 0 Å². The summed E-state index contributed by atoms with van der Waals surface area (Å²) in [5.41, 5.74) is 3.69. The van der Waals surface area contributed by atoms with Gasteiger partial charge < -0.3 is 5.32 Å². The van der Waals surface area contributed by atoms with E-state index >= 15 is 0 Å². The van der Waals surface area contributed by atoms with Gasteiger partial charge in [-0.25, -0.2) is 4.98 Å². The summed E-state index contributed by atoms with van der Waals surface area (Å²) in [6.07, 6.45) is 6.64. The van der Waals surface area contributed by atoms with Gasteiger partial charge in [0.1, 0.15) is 5.82 Å². The van der Waals surface area contributed by atoms with E-state index < -0.39 is 0 Å². The number of benzene rings is 1. The number of carbonyl (C=O) groups is 1. The van der Waals surface area contributed by atoms with Gasteiger partial charge in [0.2, 0.25) is 5.91 Å². The van der Waals surface area contributed by atoms with Crippen molar-refractivity contribution in [1.82, 2.24) is 14.9 Å². The predicted octanol–water partition coefficient (Wildman–Crippen LogP) is 2.78. The van der Waals surface area contributed by atoms with Crippen LogP contribution in [-0.2, 0) is 24.2 Å². The molecule has 0 bridgehead atoms. The molecule has 0 unspecified atom stereocenters. The number of aryl methyl sites for hydroxylation is 1. The van der Waals surface area contributed by atoms with Gasteiger partial charge >= 0.3 is 0 Å². The molecule has 22 heavy (non-hydrogen) atoms. The van der Waals surface area contributed by atoms with E-state index in [2.05, 4.69) is 34.1 Å². The average molecular weight is 295 g/mol. The van der Waals surface area contributed by atoms with Crippen molar-refractivity contribution in [2.75, 3.05) is 0 Å². The molecule has 2 aromatic rings. The highest BCUT2D eigenvalue weighted by atomic mass is 16.2. The first-order valence-corrected chi connectivity index (χ1v) is 8.25. The van der Waals surface area contributed by atoms with Crippen molar-refractivity contribution in [3.05, 3.63) is 47.5 Å². The molecule has 0 saturated heterocycles. The molecule has 1 aromatic heterocycles. The Hall–Kier alpha value is -2.10. The summed E-state index contributed by atoms with van der Waals surface area (Å²) in [5, 5.41) is 3.06. The van der Waals surface area contributed by atoms with E-state index in [-0.39, 0.29) is 11.8 Å². The minimum atomic E-state index is 0.181. The van der Waals surface area contributed by atoms with Crippen LogP contribution in [0.2, 0.25) is 0 Å². The number of nitrogens with zero attached hydrogens (tertiary/aromatic N) is 2. The topological polar surface area (TPSA) is 46.9 Å². The second-order valence-electron chi connectivity index (χ2n) is 6.29. The molecule has 0 aliphatic heterocycles. The molecular formula is C18H21N3O. The van der Waals surface area contributed by atoms with E-state index in [0.29, 0.717) is 6.54 Å². The highest BCUT2D eigenvalue weighted by Crippen LogP contribution is 2.29. The fourth-order valence-electron chi connectivity index (χ4n) is 3.25. The number of carbonyl (C=O) groups excluding carboxylic acids is 1. The second-order valence-corrected chi connectivity index (χ2v) is 6.29. The summed E-state index contributed by atoms with van der Waals surface area (Å²) in [5.74, 6) is 1.39. The van der Waals surface area contributed by atoms with Gasteiger partial charge in [-0.1, -0.05) is 18.2 Å². The summed E-state index contributed by atoms with van der Waals surface area (Å²) in [4.78, 5) is 16.7. The van der Waals surface area contributed by atoms with E-state index in [9.17, 15) is 4.79 Å².